The van der Waals surface area contributed by atoms with Gasteiger partial charge in [-0.25, -0.2) is 9.78 Å². The van der Waals surface area contributed by atoms with Crippen molar-refractivity contribution < 1.29 is 9.90 Å². The Morgan fingerprint density at radius 2 is 2.40 bits per heavy atom. The first-order chi connectivity index (χ1) is 9.69. The van der Waals surface area contributed by atoms with Crippen LogP contribution in [-0.2, 0) is 6.54 Å². The highest BCUT2D eigenvalue weighted by molar-refractivity contribution is 7.13. The second kappa shape index (κ2) is 6.97. The van der Waals surface area contributed by atoms with Crippen molar-refractivity contribution in [2.75, 3.05) is 18.5 Å². The SMILES string of the molecule is Cc1csc(NC(=O)N(CCO)Cc2cccnc2)n1. The zero-order valence-electron chi connectivity index (χ0n) is 11.1. The highest BCUT2D eigenvalue weighted by atomic mass is 32.1. The van der Waals surface area contributed by atoms with Crippen molar-refractivity contribution in [1.82, 2.24) is 14.9 Å². The predicted octanol–water partition coefficient (Wildman–Crippen LogP) is 1.87. The molecule has 0 aromatic carbocycles. The van der Waals surface area contributed by atoms with Crippen molar-refractivity contribution in [2.24, 2.45) is 0 Å². The fraction of sp³-hybridized carbons (Fsp3) is 0.308. The number of carbonyl (C=O) groups is 1. The summed E-state index contributed by atoms with van der Waals surface area (Å²) in [5, 5.41) is 14.2. The number of aryl methyl sites for hydroxylation is 1. The van der Waals surface area contributed by atoms with Crippen molar-refractivity contribution in [3.05, 3.63) is 41.2 Å². The summed E-state index contributed by atoms with van der Waals surface area (Å²) in [6, 6.07) is 3.42. The molecular weight excluding hydrogens is 276 g/mol. The van der Waals surface area contributed by atoms with Gasteiger partial charge in [-0.1, -0.05) is 6.07 Å². The molecule has 0 unspecified atom stereocenters. The minimum Gasteiger partial charge on any atom is -0.395 e. The standard InChI is InChI=1S/C13H16N4O2S/c1-10-9-20-12(15-10)16-13(19)17(5-6-18)8-11-3-2-4-14-7-11/h2-4,7,9,18H,5-6,8H2,1H3,(H,15,16,19). The van der Waals surface area contributed by atoms with Crippen LogP contribution < -0.4 is 5.32 Å². The number of carbonyl (C=O) groups excluding carboxylic acids is 1. The summed E-state index contributed by atoms with van der Waals surface area (Å²) in [5.41, 5.74) is 1.78. The lowest BCUT2D eigenvalue weighted by molar-refractivity contribution is 0.185. The first-order valence-corrected chi connectivity index (χ1v) is 7.05. The molecule has 0 aliphatic carbocycles. The number of amides is 2. The molecule has 0 saturated heterocycles. The summed E-state index contributed by atoms with van der Waals surface area (Å²) in [6.07, 6.45) is 3.38. The molecule has 0 saturated carbocycles. The molecule has 0 aliphatic rings. The maximum absolute atomic E-state index is 12.2. The van der Waals surface area contributed by atoms with Crippen LogP contribution in [0.3, 0.4) is 0 Å². The van der Waals surface area contributed by atoms with Gasteiger partial charge in [0, 0.05) is 30.9 Å². The van der Waals surface area contributed by atoms with Crippen molar-refractivity contribution in [3.63, 3.8) is 0 Å². The normalized spacial score (nSPS) is 10.3. The summed E-state index contributed by atoms with van der Waals surface area (Å²) < 4.78 is 0. The molecule has 20 heavy (non-hydrogen) atoms. The second-order valence-electron chi connectivity index (χ2n) is 4.23. The van der Waals surface area contributed by atoms with E-state index in [0.29, 0.717) is 11.7 Å². The topological polar surface area (TPSA) is 78.4 Å². The Morgan fingerprint density at radius 1 is 1.55 bits per heavy atom. The van der Waals surface area contributed by atoms with Gasteiger partial charge in [-0.2, -0.15) is 0 Å². The van der Waals surface area contributed by atoms with Gasteiger partial charge in [-0.05, 0) is 18.6 Å². The number of nitrogens with zero attached hydrogens (tertiary/aromatic N) is 3. The van der Waals surface area contributed by atoms with Crippen molar-refractivity contribution >= 4 is 22.5 Å². The number of aliphatic hydroxyl groups excluding tert-OH is 1. The molecule has 0 radical (unpaired) electrons. The molecule has 0 aliphatic heterocycles. The van der Waals surface area contributed by atoms with Crippen molar-refractivity contribution in [1.29, 1.82) is 0 Å². The van der Waals surface area contributed by atoms with E-state index in [1.165, 1.54) is 16.2 Å². The molecule has 6 nitrogen and oxygen atoms in total. The van der Waals surface area contributed by atoms with Gasteiger partial charge in [0.1, 0.15) is 0 Å². The fourth-order valence-electron chi connectivity index (χ4n) is 1.67. The van der Waals surface area contributed by atoms with Crippen LogP contribution in [0.1, 0.15) is 11.3 Å². The van der Waals surface area contributed by atoms with Crippen LogP contribution in [0.4, 0.5) is 9.93 Å². The van der Waals surface area contributed by atoms with Crippen LogP contribution in [0.25, 0.3) is 0 Å². The van der Waals surface area contributed by atoms with Crippen LogP contribution in [0, 0.1) is 6.92 Å². The van der Waals surface area contributed by atoms with Gasteiger partial charge >= 0.3 is 6.03 Å². The fourth-order valence-corrected chi connectivity index (χ4v) is 2.34. The third-order valence-electron chi connectivity index (χ3n) is 2.59. The molecule has 7 heteroatoms. The van der Waals surface area contributed by atoms with E-state index < -0.39 is 0 Å². The van der Waals surface area contributed by atoms with E-state index in [9.17, 15) is 4.79 Å². The zero-order valence-corrected chi connectivity index (χ0v) is 11.9. The number of nitrogens with one attached hydrogen (secondary N) is 1. The monoisotopic (exact) mass is 292 g/mol. The van der Waals surface area contributed by atoms with Crippen molar-refractivity contribution in [3.8, 4) is 0 Å². The van der Waals surface area contributed by atoms with E-state index in [-0.39, 0.29) is 19.2 Å². The van der Waals surface area contributed by atoms with E-state index in [0.717, 1.165) is 11.3 Å². The summed E-state index contributed by atoms with van der Waals surface area (Å²) in [5.74, 6) is 0. The van der Waals surface area contributed by atoms with Gasteiger partial charge in [0.25, 0.3) is 0 Å². The molecule has 2 rings (SSSR count). The minimum atomic E-state index is -0.280. The summed E-state index contributed by atoms with van der Waals surface area (Å²) in [6.45, 7) is 2.42. The molecule has 2 N–H and O–H groups in total. The van der Waals surface area contributed by atoms with Gasteiger partial charge in [0.05, 0.1) is 12.3 Å². The largest absolute Gasteiger partial charge is 0.395 e. The van der Waals surface area contributed by atoms with Crippen LogP contribution >= 0.6 is 11.3 Å². The molecular formula is C13H16N4O2S. The van der Waals surface area contributed by atoms with E-state index in [1.807, 2.05) is 24.4 Å². The van der Waals surface area contributed by atoms with Crippen LogP contribution in [0.5, 0.6) is 0 Å². The van der Waals surface area contributed by atoms with Crippen LogP contribution in [0.2, 0.25) is 0 Å². The van der Waals surface area contributed by atoms with Gasteiger partial charge in [0.2, 0.25) is 0 Å². The van der Waals surface area contributed by atoms with E-state index in [1.54, 1.807) is 12.4 Å². The highest BCUT2D eigenvalue weighted by Crippen LogP contribution is 2.15. The smallest absolute Gasteiger partial charge is 0.324 e. The molecule has 2 aromatic heterocycles. The number of aliphatic hydroxyl groups is 1. The Hall–Kier alpha value is -1.99. The average Bonchev–Trinajstić information content (AvgIpc) is 2.85. The number of aromatic nitrogens is 2. The van der Waals surface area contributed by atoms with Gasteiger partial charge in [0.15, 0.2) is 5.13 Å². The highest BCUT2D eigenvalue weighted by Gasteiger charge is 2.15. The van der Waals surface area contributed by atoms with Gasteiger partial charge in [-0.3, -0.25) is 10.3 Å². The molecule has 0 bridgehead atoms. The number of anilines is 1. The van der Waals surface area contributed by atoms with Crippen molar-refractivity contribution in [2.45, 2.75) is 13.5 Å². The summed E-state index contributed by atoms with van der Waals surface area (Å²) >= 11 is 1.38. The van der Waals surface area contributed by atoms with E-state index >= 15 is 0 Å². The van der Waals surface area contributed by atoms with E-state index in [4.69, 9.17) is 5.11 Å². The lowest BCUT2D eigenvalue weighted by Gasteiger charge is -2.21. The third-order valence-corrected chi connectivity index (χ3v) is 3.46. The zero-order chi connectivity index (χ0) is 14.4. The number of thiazole rings is 1. The first kappa shape index (κ1) is 14.4. The first-order valence-electron chi connectivity index (χ1n) is 6.17. The molecule has 2 amide bonds. The Labute approximate surface area is 121 Å². The molecule has 2 aromatic rings. The van der Waals surface area contributed by atoms with Gasteiger partial charge < -0.3 is 10.0 Å². The quantitative estimate of drug-likeness (QED) is 0.882. The third kappa shape index (κ3) is 4.01. The molecule has 0 fully saturated rings. The Morgan fingerprint density at radius 3 is 3.00 bits per heavy atom. The number of hydrogen-bond donors (Lipinski definition) is 2. The minimum absolute atomic E-state index is 0.0927. The Bertz CT molecular complexity index is 559. The predicted molar refractivity (Wildman–Crippen MR) is 77.6 cm³/mol. The summed E-state index contributed by atoms with van der Waals surface area (Å²) in [4.78, 5) is 21.9. The second-order valence-corrected chi connectivity index (χ2v) is 5.09. The number of hydrogen-bond acceptors (Lipinski definition) is 5. The lowest BCUT2D eigenvalue weighted by Crippen LogP contribution is -2.36. The summed E-state index contributed by atoms with van der Waals surface area (Å²) in [7, 11) is 0. The van der Waals surface area contributed by atoms with Crippen LogP contribution in [-0.4, -0.2) is 39.2 Å². The Kier molecular flexibility index (Phi) is 5.03. The molecule has 2 heterocycles. The lowest BCUT2D eigenvalue weighted by atomic mass is 10.2. The maximum Gasteiger partial charge on any atom is 0.324 e. The van der Waals surface area contributed by atoms with Gasteiger partial charge in [-0.15, -0.1) is 11.3 Å². The molecule has 0 atom stereocenters. The number of urea groups is 1. The average molecular weight is 292 g/mol. The molecule has 0 spiro atoms. The number of rotatable bonds is 5. The molecule has 106 valence electrons. The number of pyridine rings is 1. The van der Waals surface area contributed by atoms with E-state index in [2.05, 4.69) is 15.3 Å². The Balaban J connectivity index is 2.02. The van der Waals surface area contributed by atoms with Crippen LogP contribution in [0.15, 0.2) is 29.9 Å². The maximum atomic E-state index is 12.2.